The summed E-state index contributed by atoms with van der Waals surface area (Å²) in [6.45, 7) is 0. The van der Waals surface area contributed by atoms with E-state index in [0.29, 0.717) is 11.6 Å². The van der Waals surface area contributed by atoms with Crippen molar-refractivity contribution in [1.29, 1.82) is 0 Å². The van der Waals surface area contributed by atoms with Crippen LogP contribution >= 0.6 is 0 Å². The monoisotopic (exact) mass is 289 g/mol. The highest BCUT2D eigenvalue weighted by atomic mass is 16.1. The van der Waals surface area contributed by atoms with Crippen LogP contribution in [-0.2, 0) is 0 Å². The normalized spacial score (nSPS) is 10.3. The molecule has 0 aromatic carbocycles. The molecular formula is C14H19N5O2. The molecule has 7 nitrogen and oxygen atoms in total. The fourth-order valence-corrected chi connectivity index (χ4v) is 1.85. The Morgan fingerprint density at radius 1 is 0.762 bits per heavy atom. The zero-order valence-corrected chi connectivity index (χ0v) is 12.5. The lowest BCUT2D eigenvalue weighted by molar-refractivity contribution is 1.09. The summed E-state index contributed by atoms with van der Waals surface area (Å²) >= 11 is 0. The van der Waals surface area contributed by atoms with E-state index < -0.39 is 0 Å². The lowest BCUT2D eigenvalue weighted by Gasteiger charge is -2.15. The number of aromatic nitrogens is 2. The van der Waals surface area contributed by atoms with Crippen molar-refractivity contribution in [2.75, 3.05) is 43.3 Å². The summed E-state index contributed by atoms with van der Waals surface area (Å²) in [4.78, 5) is 32.3. The van der Waals surface area contributed by atoms with Gasteiger partial charge in [-0.1, -0.05) is 0 Å². The van der Waals surface area contributed by atoms with E-state index >= 15 is 0 Å². The maximum atomic E-state index is 11.6. The molecule has 112 valence electrons. The van der Waals surface area contributed by atoms with Gasteiger partial charge in [0.05, 0.1) is 0 Å². The van der Waals surface area contributed by atoms with Crippen LogP contribution < -0.4 is 26.2 Å². The number of nitrogens with one attached hydrogen (secondary N) is 3. The minimum Gasteiger partial charge on any atom is -0.377 e. The molecule has 0 fully saturated rings. The molecule has 3 N–H and O–H groups in total. The van der Waals surface area contributed by atoms with E-state index in [0.717, 1.165) is 11.4 Å². The number of pyridine rings is 2. The van der Waals surface area contributed by atoms with Gasteiger partial charge < -0.3 is 25.1 Å². The molecule has 0 bridgehead atoms. The van der Waals surface area contributed by atoms with Crippen LogP contribution in [-0.4, -0.2) is 38.2 Å². The van der Waals surface area contributed by atoms with Crippen molar-refractivity contribution in [2.24, 2.45) is 0 Å². The van der Waals surface area contributed by atoms with Crippen molar-refractivity contribution >= 4 is 23.0 Å². The smallest absolute Gasteiger partial charge is 0.251 e. The van der Waals surface area contributed by atoms with E-state index in [1.165, 1.54) is 12.1 Å². The molecule has 2 aromatic heterocycles. The van der Waals surface area contributed by atoms with Gasteiger partial charge in [-0.15, -0.1) is 0 Å². The topological polar surface area (TPSA) is 84.2 Å². The summed E-state index contributed by atoms with van der Waals surface area (Å²) in [7, 11) is 7.42. The Morgan fingerprint density at radius 3 is 1.48 bits per heavy atom. The van der Waals surface area contributed by atoms with Crippen LogP contribution in [0, 0.1) is 0 Å². The van der Waals surface area contributed by atoms with Gasteiger partial charge in [0.2, 0.25) is 0 Å². The zero-order chi connectivity index (χ0) is 15.6. The lowest BCUT2D eigenvalue weighted by atomic mass is 10.3. The first-order chi connectivity index (χ1) is 9.85. The van der Waals surface area contributed by atoms with Crippen molar-refractivity contribution < 1.29 is 0 Å². The lowest BCUT2D eigenvalue weighted by Crippen LogP contribution is -2.17. The van der Waals surface area contributed by atoms with Gasteiger partial charge in [0.1, 0.15) is 11.6 Å². The van der Waals surface area contributed by atoms with E-state index in [-0.39, 0.29) is 11.1 Å². The van der Waals surface area contributed by atoms with Crippen molar-refractivity contribution in [3.05, 3.63) is 45.0 Å². The Morgan fingerprint density at radius 2 is 1.14 bits per heavy atom. The minimum atomic E-state index is -0.213. The summed E-state index contributed by atoms with van der Waals surface area (Å²) in [5.41, 5.74) is 1.12. The highest BCUT2D eigenvalue weighted by Crippen LogP contribution is 2.18. The number of rotatable bonds is 4. The Bertz CT molecular complexity index is 682. The van der Waals surface area contributed by atoms with Crippen molar-refractivity contribution in [3.8, 4) is 0 Å². The number of aromatic amines is 2. The summed E-state index contributed by atoms with van der Waals surface area (Å²) < 4.78 is 0. The Labute approximate surface area is 122 Å². The quantitative estimate of drug-likeness (QED) is 0.780. The maximum Gasteiger partial charge on any atom is 0.251 e. The zero-order valence-electron chi connectivity index (χ0n) is 12.5. The molecule has 21 heavy (non-hydrogen) atoms. The third-order valence-electron chi connectivity index (χ3n) is 2.96. The van der Waals surface area contributed by atoms with Gasteiger partial charge >= 0.3 is 0 Å². The minimum absolute atomic E-state index is 0.213. The molecule has 2 heterocycles. The summed E-state index contributed by atoms with van der Waals surface area (Å²) in [5.74, 6) is 1.02. The van der Waals surface area contributed by atoms with Crippen LogP contribution in [0.15, 0.2) is 33.9 Å². The van der Waals surface area contributed by atoms with Crippen LogP contribution in [0.25, 0.3) is 0 Å². The number of hydrogen-bond acceptors (Lipinski definition) is 5. The highest BCUT2D eigenvalue weighted by molar-refractivity contribution is 5.62. The number of H-pyrrole nitrogens is 2. The molecule has 0 aliphatic carbocycles. The van der Waals surface area contributed by atoms with Gasteiger partial charge in [0.15, 0.2) is 0 Å². The molecule has 0 atom stereocenters. The van der Waals surface area contributed by atoms with E-state index in [1.54, 1.807) is 12.1 Å². The van der Waals surface area contributed by atoms with Gasteiger partial charge in [-0.25, -0.2) is 0 Å². The number of nitrogens with zero attached hydrogens (tertiary/aromatic N) is 2. The van der Waals surface area contributed by atoms with E-state index in [9.17, 15) is 9.59 Å². The maximum absolute atomic E-state index is 11.6. The molecule has 0 saturated heterocycles. The van der Waals surface area contributed by atoms with E-state index in [2.05, 4.69) is 15.3 Å². The van der Waals surface area contributed by atoms with Crippen LogP contribution in [0.4, 0.5) is 23.0 Å². The van der Waals surface area contributed by atoms with Crippen molar-refractivity contribution in [2.45, 2.75) is 0 Å². The predicted octanol–water partition coefficient (Wildman–Crippen LogP) is 0.939. The molecule has 0 aliphatic heterocycles. The first-order valence-corrected chi connectivity index (χ1v) is 6.45. The first kappa shape index (κ1) is 14.7. The fraction of sp³-hybridized carbons (Fsp3) is 0.286. The van der Waals surface area contributed by atoms with Crippen LogP contribution in [0.3, 0.4) is 0 Å². The molecular weight excluding hydrogens is 270 g/mol. The van der Waals surface area contributed by atoms with Gasteiger partial charge in [0.25, 0.3) is 11.1 Å². The standard InChI is InChI=1S/C14H19N5O2/c1-18(2)9-5-11(16-13(20)7-9)15-12-6-10(19(3)4)8-14(21)17-12/h5-8H,1-4H3,(H3,15,16,17,20,21). The van der Waals surface area contributed by atoms with Gasteiger partial charge in [0, 0.05) is 63.8 Å². The third kappa shape index (κ3) is 3.65. The molecule has 2 aromatic rings. The second-order valence-corrected chi connectivity index (χ2v) is 5.15. The van der Waals surface area contributed by atoms with Crippen LogP contribution in [0.5, 0.6) is 0 Å². The molecule has 0 radical (unpaired) electrons. The van der Waals surface area contributed by atoms with Crippen molar-refractivity contribution in [3.63, 3.8) is 0 Å². The molecule has 0 saturated carbocycles. The molecule has 0 aliphatic rings. The summed E-state index contributed by atoms with van der Waals surface area (Å²) in [6.07, 6.45) is 0. The first-order valence-electron chi connectivity index (χ1n) is 6.45. The average Bonchev–Trinajstić information content (AvgIpc) is 2.37. The second-order valence-electron chi connectivity index (χ2n) is 5.15. The summed E-state index contributed by atoms with van der Waals surface area (Å²) in [6, 6.07) is 6.60. The fourth-order valence-electron chi connectivity index (χ4n) is 1.85. The molecule has 7 heteroatoms. The van der Waals surface area contributed by atoms with E-state index in [4.69, 9.17) is 0 Å². The van der Waals surface area contributed by atoms with Gasteiger partial charge in [-0.3, -0.25) is 9.59 Å². The predicted molar refractivity (Wildman–Crippen MR) is 86.1 cm³/mol. The molecule has 0 unspecified atom stereocenters. The second kappa shape index (κ2) is 5.74. The number of anilines is 4. The number of hydrogen-bond donors (Lipinski definition) is 3. The summed E-state index contributed by atoms with van der Waals surface area (Å²) in [5, 5.41) is 3.01. The van der Waals surface area contributed by atoms with Crippen LogP contribution in [0.2, 0.25) is 0 Å². The molecule has 2 rings (SSSR count). The van der Waals surface area contributed by atoms with Crippen molar-refractivity contribution in [1.82, 2.24) is 9.97 Å². The highest BCUT2D eigenvalue weighted by Gasteiger charge is 2.04. The Hall–Kier alpha value is -2.70. The van der Waals surface area contributed by atoms with Crippen LogP contribution in [0.1, 0.15) is 0 Å². The SMILES string of the molecule is CN(C)c1cc(Nc2cc(N(C)C)cc(=O)[nH]2)[nH]c(=O)c1. The Balaban J connectivity index is 2.38. The Kier molecular flexibility index (Phi) is 4.02. The van der Waals surface area contributed by atoms with E-state index in [1.807, 2.05) is 38.0 Å². The largest absolute Gasteiger partial charge is 0.377 e. The molecule has 0 spiro atoms. The van der Waals surface area contributed by atoms with Gasteiger partial charge in [-0.2, -0.15) is 0 Å². The molecule has 0 amide bonds. The third-order valence-corrected chi connectivity index (χ3v) is 2.96. The van der Waals surface area contributed by atoms with Gasteiger partial charge in [-0.05, 0) is 0 Å². The average molecular weight is 289 g/mol.